The van der Waals surface area contributed by atoms with E-state index >= 15 is 0 Å². The van der Waals surface area contributed by atoms with Crippen LogP contribution >= 0.6 is 0 Å². The Morgan fingerprint density at radius 1 is 1.67 bits per heavy atom. The quantitative estimate of drug-likeness (QED) is 0.294. The molecule has 0 aliphatic rings. The number of nitrogens with zero attached hydrogens (tertiary/aromatic N) is 2. The maximum absolute atomic E-state index is 10.4. The number of anilines is 1. The number of rotatable bonds is 5. The summed E-state index contributed by atoms with van der Waals surface area (Å²) in [6.07, 6.45) is 1.21. The fourth-order valence-corrected chi connectivity index (χ4v) is 0.923. The summed E-state index contributed by atoms with van der Waals surface area (Å²) in [4.78, 5) is 26.2. The Hall–Kier alpha value is -2.32. The fourth-order valence-electron chi connectivity index (χ4n) is 0.923. The molecule has 0 saturated heterocycles. The number of nitro groups is 1. The zero-order valence-electron chi connectivity index (χ0n) is 7.69. The highest BCUT2D eigenvalue weighted by atomic mass is 16.6. The van der Waals surface area contributed by atoms with Crippen LogP contribution in [0.2, 0.25) is 0 Å². The van der Waals surface area contributed by atoms with Gasteiger partial charge in [0.05, 0.1) is 0 Å². The van der Waals surface area contributed by atoms with E-state index in [1.54, 1.807) is 0 Å². The van der Waals surface area contributed by atoms with E-state index in [9.17, 15) is 14.9 Å². The van der Waals surface area contributed by atoms with E-state index in [4.69, 9.17) is 5.73 Å². The molecule has 0 spiro atoms. The molecule has 1 heterocycles. The molecule has 15 heavy (non-hydrogen) atoms. The van der Waals surface area contributed by atoms with Gasteiger partial charge in [-0.05, 0) is 4.92 Å². The first-order chi connectivity index (χ1) is 7.11. The van der Waals surface area contributed by atoms with E-state index in [1.807, 2.05) is 0 Å². The van der Waals surface area contributed by atoms with E-state index in [0.29, 0.717) is 6.54 Å². The van der Waals surface area contributed by atoms with Crippen LogP contribution in [0, 0.1) is 10.1 Å². The van der Waals surface area contributed by atoms with Crippen molar-refractivity contribution in [2.45, 2.75) is 0 Å². The Labute approximate surface area is 84.2 Å². The topological polar surface area (TPSA) is 139 Å². The Bertz CT molecular complexity index is 362. The molecule has 0 aromatic carbocycles. The number of carbonyl (C=O) groups excluding carboxylic acids is 1. The molecule has 82 valence electrons. The van der Waals surface area contributed by atoms with Gasteiger partial charge in [-0.2, -0.15) is 4.98 Å². The molecule has 0 unspecified atom stereocenters. The number of aromatic nitrogens is 2. The first kappa shape index (κ1) is 10.8. The molecular weight excluding hydrogens is 204 g/mol. The number of aromatic amines is 1. The summed E-state index contributed by atoms with van der Waals surface area (Å²) in [5, 5.41) is 15.4. The van der Waals surface area contributed by atoms with Crippen molar-refractivity contribution in [3.05, 3.63) is 16.4 Å². The van der Waals surface area contributed by atoms with Crippen molar-refractivity contribution in [3.63, 3.8) is 0 Å². The van der Waals surface area contributed by atoms with Crippen LogP contribution in [0.3, 0.4) is 0 Å². The van der Waals surface area contributed by atoms with Gasteiger partial charge in [-0.3, -0.25) is 0 Å². The van der Waals surface area contributed by atoms with E-state index in [2.05, 4.69) is 20.6 Å². The van der Waals surface area contributed by atoms with Crippen molar-refractivity contribution in [3.8, 4) is 0 Å². The van der Waals surface area contributed by atoms with Gasteiger partial charge in [0, 0.05) is 13.1 Å². The maximum Gasteiger partial charge on any atom is 0.364 e. The van der Waals surface area contributed by atoms with Gasteiger partial charge in [-0.25, -0.2) is 9.78 Å². The minimum atomic E-state index is -0.645. The Morgan fingerprint density at radius 3 is 3.00 bits per heavy atom. The van der Waals surface area contributed by atoms with Crippen molar-refractivity contribution >= 4 is 17.7 Å². The molecule has 0 aliphatic heterocycles. The average Bonchev–Trinajstić information content (AvgIpc) is 2.60. The number of primary amides is 1. The summed E-state index contributed by atoms with van der Waals surface area (Å²) < 4.78 is 0. The molecule has 2 amide bonds. The lowest BCUT2D eigenvalue weighted by molar-refractivity contribution is -0.388. The number of amides is 2. The third-order valence-electron chi connectivity index (χ3n) is 1.52. The van der Waals surface area contributed by atoms with Gasteiger partial charge in [0.2, 0.25) is 5.82 Å². The van der Waals surface area contributed by atoms with Crippen molar-refractivity contribution in [1.82, 2.24) is 15.3 Å². The summed E-state index contributed by atoms with van der Waals surface area (Å²) >= 11 is 0. The minimum absolute atomic E-state index is 0.131. The predicted octanol–water partition coefficient (Wildman–Crippen LogP) is -0.602. The molecular formula is C6H10N6O3. The first-order valence-electron chi connectivity index (χ1n) is 4.06. The average molecular weight is 214 g/mol. The molecule has 0 aliphatic carbocycles. The van der Waals surface area contributed by atoms with Crippen LogP contribution in [-0.4, -0.2) is 34.0 Å². The molecule has 0 bridgehead atoms. The highest BCUT2D eigenvalue weighted by Gasteiger charge is 2.13. The van der Waals surface area contributed by atoms with Crippen LogP contribution < -0.4 is 16.4 Å². The van der Waals surface area contributed by atoms with Gasteiger partial charge < -0.3 is 26.5 Å². The SMILES string of the molecule is NC(=O)NCCNc1nc[nH]c1[N+](=O)[O-]. The lowest BCUT2D eigenvalue weighted by Gasteiger charge is -2.03. The van der Waals surface area contributed by atoms with Crippen molar-refractivity contribution < 1.29 is 9.72 Å². The molecule has 9 nitrogen and oxygen atoms in total. The zero-order chi connectivity index (χ0) is 11.3. The van der Waals surface area contributed by atoms with Crippen LogP contribution in [0.4, 0.5) is 16.4 Å². The first-order valence-corrected chi connectivity index (χ1v) is 4.06. The van der Waals surface area contributed by atoms with Gasteiger partial charge >= 0.3 is 11.8 Å². The Kier molecular flexibility index (Phi) is 3.43. The number of nitrogens with one attached hydrogen (secondary N) is 3. The maximum atomic E-state index is 10.4. The van der Waals surface area contributed by atoms with Crippen molar-refractivity contribution in [1.29, 1.82) is 0 Å². The van der Waals surface area contributed by atoms with Crippen molar-refractivity contribution in [2.24, 2.45) is 5.73 Å². The molecule has 9 heteroatoms. The third-order valence-corrected chi connectivity index (χ3v) is 1.52. The van der Waals surface area contributed by atoms with E-state index < -0.39 is 11.0 Å². The molecule has 0 saturated carbocycles. The fraction of sp³-hybridized carbons (Fsp3) is 0.333. The van der Waals surface area contributed by atoms with Gasteiger partial charge in [0.25, 0.3) is 0 Å². The Morgan fingerprint density at radius 2 is 2.40 bits per heavy atom. The van der Waals surface area contributed by atoms with Gasteiger partial charge in [-0.1, -0.05) is 0 Å². The standard InChI is InChI=1S/C6H10N6O3/c7-6(13)9-2-1-8-4-5(12(14)15)11-3-10-4/h3,8H,1-2H2,(H,10,11)(H3,7,9,13). The summed E-state index contributed by atoms with van der Waals surface area (Å²) in [6, 6.07) is -0.645. The molecule has 1 aromatic rings. The molecule has 5 N–H and O–H groups in total. The zero-order valence-corrected chi connectivity index (χ0v) is 7.69. The number of hydrogen-bond donors (Lipinski definition) is 4. The molecule has 1 aromatic heterocycles. The van der Waals surface area contributed by atoms with Gasteiger partial charge in [0.15, 0.2) is 6.33 Å². The largest absolute Gasteiger partial charge is 0.364 e. The van der Waals surface area contributed by atoms with E-state index in [1.165, 1.54) is 6.33 Å². The van der Waals surface area contributed by atoms with Crippen molar-refractivity contribution in [2.75, 3.05) is 18.4 Å². The summed E-state index contributed by atoms with van der Waals surface area (Å²) in [5.74, 6) is -0.0830. The highest BCUT2D eigenvalue weighted by molar-refractivity contribution is 5.71. The smallest absolute Gasteiger partial charge is 0.361 e. The molecule has 0 atom stereocenters. The predicted molar refractivity (Wildman–Crippen MR) is 51.3 cm³/mol. The molecule has 0 radical (unpaired) electrons. The van der Waals surface area contributed by atoms with Crippen LogP contribution in [0.5, 0.6) is 0 Å². The highest BCUT2D eigenvalue weighted by Crippen LogP contribution is 2.16. The molecule has 0 fully saturated rings. The second kappa shape index (κ2) is 4.79. The number of nitrogens with two attached hydrogens (primary N) is 1. The lowest BCUT2D eigenvalue weighted by atomic mass is 10.5. The second-order valence-corrected chi connectivity index (χ2v) is 2.57. The van der Waals surface area contributed by atoms with Gasteiger partial charge in [-0.15, -0.1) is 0 Å². The van der Waals surface area contributed by atoms with Crippen LogP contribution in [-0.2, 0) is 0 Å². The minimum Gasteiger partial charge on any atom is -0.361 e. The number of H-pyrrole nitrogens is 1. The number of hydrogen-bond acceptors (Lipinski definition) is 5. The van der Waals surface area contributed by atoms with Crippen LogP contribution in [0.15, 0.2) is 6.33 Å². The number of imidazole rings is 1. The Balaban J connectivity index is 2.40. The third kappa shape index (κ3) is 3.14. The van der Waals surface area contributed by atoms with Crippen LogP contribution in [0.25, 0.3) is 0 Å². The summed E-state index contributed by atoms with van der Waals surface area (Å²) in [5.41, 5.74) is 4.82. The normalized spacial score (nSPS) is 9.60. The van der Waals surface area contributed by atoms with E-state index in [-0.39, 0.29) is 18.2 Å². The summed E-state index contributed by atoms with van der Waals surface area (Å²) in [6.45, 7) is 0.563. The van der Waals surface area contributed by atoms with Crippen LogP contribution in [0.1, 0.15) is 0 Å². The lowest BCUT2D eigenvalue weighted by Crippen LogP contribution is -2.33. The monoisotopic (exact) mass is 214 g/mol. The molecule has 1 rings (SSSR count). The number of carbonyl (C=O) groups is 1. The number of urea groups is 1. The van der Waals surface area contributed by atoms with E-state index in [0.717, 1.165) is 0 Å². The van der Waals surface area contributed by atoms with Gasteiger partial charge in [0.1, 0.15) is 0 Å². The second-order valence-electron chi connectivity index (χ2n) is 2.57. The summed E-state index contributed by atoms with van der Waals surface area (Å²) in [7, 11) is 0.